The Bertz CT molecular complexity index is 792. The van der Waals surface area contributed by atoms with Gasteiger partial charge >= 0.3 is 11.9 Å². The Morgan fingerprint density at radius 3 is 2.23 bits per heavy atom. The van der Waals surface area contributed by atoms with E-state index in [2.05, 4.69) is 4.74 Å². The van der Waals surface area contributed by atoms with Gasteiger partial charge in [0.25, 0.3) is 0 Å². The van der Waals surface area contributed by atoms with Gasteiger partial charge in [-0.05, 0) is 41.5 Å². The fourth-order valence-electron chi connectivity index (χ4n) is 2.18. The highest BCUT2D eigenvalue weighted by atomic mass is 16.5. The minimum absolute atomic E-state index is 0.108. The molecule has 6 heteroatoms. The zero-order chi connectivity index (χ0) is 18.9. The first-order valence-electron chi connectivity index (χ1n) is 7.81. The third-order valence-electron chi connectivity index (χ3n) is 3.58. The Hall–Kier alpha value is -3.28. The molecule has 2 aromatic rings. The number of ether oxygens (including phenoxy) is 4. The lowest BCUT2D eigenvalue weighted by Crippen LogP contribution is -2.03. The van der Waals surface area contributed by atoms with Crippen LogP contribution in [0.5, 0.6) is 11.5 Å². The van der Waals surface area contributed by atoms with Crippen molar-refractivity contribution in [3.05, 3.63) is 65.2 Å². The molecular formula is C20H20O6. The van der Waals surface area contributed by atoms with Crippen molar-refractivity contribution >= 4 is 18.0 Å². The van der Waals surface area contributed by atoms with Gasteiger partial charge in [0.05, 0.1) is 26.9 Å². The number of rotatable bonds is 7. The number of methoxy groups -OCH3 is 3. The molecule has 26 heavy (non-hydrogen) atoms. The van der Waals surface area contributed by atoms with Crippen molar-refractivity contribution in [2.24, 2.45) is 0 Å². The van der Waals surface area contributed by atoms with Crippen LogP contribution >= 0.6 is 0 Å². The van der Waals surface area contributed by atoms with E-state index >= 15 is 0 Å². The summed E-state index contributed by atoms with van der Waals surface area (Å²) in [6.07, 6.45) is 2.97. The summed E-state index contributed by atoms with van der Waals surface area (Å²) in [6.45, 7) is 0.108. The molecule has 0 bridgehead atoms. The van der Waals surface area contributed by atoms with Crippen LogP contribution in [0, 0.1) is 0 Å². The van der Waals surface area contributed by atoms with Crippen LogP contribution in [0.1, 0.15) is 21.5 Å². The molecule has 0 saturated carbocycles. The molecule has 0 spiro atoms. The van der Waals surface area contributed by atoms with Crippen LogP contribution < -0.4 is 9.47 Å². The average molecular weight is 356 g/mol. The number of carbonyl (C=O) groups excluding carboxylic acids is 2. The molecule has 0 aliphatic heterocycles. The third kappa shape index (κ3) is 5.11. The predicted octanol–water partition coefficient (Wildman–Crippen LogP) is 3.25. The zero-order valence-electron chi connectivity index (χ0n) is 14.9. The van der Waals surface area contributed by atoms with Crippen molar-refractivity contribution in [3.63, 3.8) is 0 Å². The maximum atomic E-state index is 11.8. The summed E-state index contributed by atoms with van der Waals surface area (Å²) in [5.41, 5.74) is 1.99. The second-order valence-electron chi connectivity index (χ2n) is 5.24. The second kappa shape index (κ2) is 9.27. The van der Waals surface area contributed by atoms with Gasteiger partial charge < -0.3 is 18.9 Å². The fourth-order valence-corrected chi connectivity index (χ4v) is 2.18. The molecule has 0 amide bonds. The van der Waals surface area contributed by atoms with E-state index in [0.29, 0.717) is 17.1 Å². The largest absolute Gasteiger partial charge is 0.493 e. The smallest absolute Gasteiger partial charge is 0.337 e. The molecular weight excluding hydrogens is 336 g/mol. The van der Waals surface area contributed by atoms with Gasteiger partial charge in [-0.25, -0.2) is 9.59 Å². The van der Waals surface area contributed by atoms with Crippen LogP contribution in [0.25, 0.3) is 6.08 Å². The molecule has 0 unspecified atom stereocenters. The quantitative estimate of drug-likeness (QED) is 0.560. The molecule has 6 nitrogen and oxygen atoms in total. The van der Waals surface area contributed by atoms with Crippen LogP contribution in [0.2, 0.25) is 0 Å². The van der Waals surface area contributed by atoms with E-state index in [1.54, 1.807) is 62.8 Å². The van der Waals surface area contributed by atoms with Gasteiger partial charge in [-0.1, -0.05) is 18.2 Å². The summed E-state index contributed by atoms with van der Waals surface area (Å²) < 4.78 is 20.2. The van der Waals surface area contributed by atoms with Crippen molar-refractivity contribution < 1.29 is 28.5 Å². The molecule has 2 rings (SSSR count). The molecule has 0 aliphatic carbocycles. The lowest BCUT2D eigenvalue weighted by molar-refractivity contribution is -0.138. The Balaban J connectivity index is 1.92. The van der Waals surface area contributed by atoms with Crippen molar-refractivity contribution in [2.75, 3.05) is 21.3 Å². The maximum absolute atomic E-state index is 11.8. The van der Waals surface area contributed by atoms with E-state index in [-0.39, 0.29) is 6.61 Å². The van der Waals surface area contributed by atoms with Gasteiger partial charge in [-0.3, -0.25) is 0 Å². The number of benzene rings is 2. The topological polar surface area (TPSA) is 71.1 Å². The fraction of sp³-hybridized carbons (Fsp3) is 0.200. The van der Waals surface area contributed by atoms with Gasteiger partial charge in [0.2, 0.25) is 0 Å². The van der Waals surface area contributed by atoms with Crippen molar-refractivity contribution in [2.45, 2.75) is 6.61 Å². The first-order valence-corrected chi connectivity index (χ1v) is 7.81. The average Bonchev–Trinajstić information content (AvgIpc) is 2.70. The third-order valence-corrected chi connectivity index (χ3v) is 3.58. The summed E-state index contributed by atoms with van der Waals surface area (Å²) in [6, 6.07) is 12.0. The highest BCUT2D eigenvalue weighted by Gasteiger charge is 2.06. The van der Waals surface area contributed by atoms with Gasteiger partial charge in [-0.15, -0.1) is 0 Å². The van der Waals surface area contributed by atoms with Crippen LogP contribution in [0.4, 0.5) is 0 Å². The van der Waals surface area contributed by atoms with Crippen LogP contribution in [0.3, 0.4) is 0 Å². The van der Waals surface area contributed by atoms with Gasteiger partial charge in [0.1, 0.15) is 6.61 Å². The van der Waals surface area contributed by atoms with Crippen molar-refractivity contribution in [1.29, 1.82) is 0 Å². The summed E-state index contributed by atoms with van der Waals surface area (Å²) in [5, 5.41) is 0. The Morgan fingerprint density at radius 2 is 1.62 bits per heavy atom. The lowest BCUT2D eigenvalue weighted by atomic mass is 10.1. The first kappa shape index (κ1) is 19.1. The number of carbonyl (C=O) groups is 2. The van der Waals surface area contributed by atoms with Crippen molar-refractivity contribution in [1.82, 2.24) is 0 Å². The molecule has 0 N–H and O–H groups in total. The monoisotopic (exact) mass is 356 g/mol. The molecule has 0 atom stereocenters. The van der Waals surface area contributed by atoms with E-state index < -0.39 is 11.9 Å². The highest BCUT2D eigenvalue weighted by Crippen LogP contribution is 2.27. The molecule has 136 valence electrons. The Morgan fingerprint density at radius 1 is 0.923 bits per heavy atom. The van der Waals surface area contributed by atoms with Crippen LogP contribution in [0.15, 0.2) is 48.5 Å². The van der Waals surface area contributed by atoms with Gasteiger partial charge in [-0.2, -0.15) is 0 Å². The summed E-state index contributed by atoms with van der Waals surface area (Å²) in [7, 11) is 4.43. The van der Waals surface area contributed by atoms with E-state index in [4.69, 9.17) is 14.2 Å². The molecule has 0 heterocycles. The predicted molar refractivity (Wildman–Crippen MR) is 96.2 cm³/mol. The Labute approximate surface area is 151 Å². The standard InChI is InChI=1S/C20H20O6/c1-23-17-10-6-14(12-18(17)24-2)7-11-19(21)26-13-15-4-8-16(9-5-15)20(22)25-3/h4-12H,13H2,1-3H3. The molecule has 0 aromatic heterocycles. The van der Waals surface area contributed by atoms with Crippen molar-refractivity contribution in [3.8, 4) is 11.5 Å². The number of esters is 2. The first-order chi connectivity index (χ1) is 12.6. The Kier molecular flexibility index (Phi) is 6.79. The normalized spacial score (nSPS) is 10.4. The summed E-state index contributed by atoms with van der Waals surface area (Å²) >= 11 is 0. The van der Waals surface area contributed by atoms with E-state index in [1.807, 2.05) is 0 Å². The number of hydrogen-bond donors (Lipinski definition) is 0. The molecule has 0 aliphatic rings. The minimum Gasteiger partial charge on any atom is -0.493 e. The van der Waals surface area contributed by atoms with E-state index in [9.17, 15) is 9.59 Å². The van der Waals surface area contributed by atoms with E-state index in [1.165, 1.54) is 13.2 Å². The van der Waals surface area contributed by atoms with Crippen LogP contribution in [-0.2, 0) is 20.9 Å². The second-order valence-corrected chi connectivity index (χ2v) is 5.24. The van der Waals surface area contributed by atoms with Gasteiger partial charge in [0.15, 0.2) is 11.5 Å². The number of hydrogen-bond acceptors (Lipinski definition) is 6. The summed E-state index contributed by atoms with van der Waals surface area (Å²) in [4.78, 5) is 23.2. The SMILES string of the molecule is COC(=O)c1ccc(COC(=O)C=Cc2ccc(OC)c(OC)c2)cc1. The summed E-state index contributed by atoms with van der Waals surface area (Å²) in [5.74, 6) is 0.305. The maximum Gasteiger partial charge on any atom is 0.337 e. The molecule has 0 saturated heterocycles. The molecule has 0 radical (unpaired) electrons. The highest BCUT2D eigenvalue weighted by molar-refractivity contribution is 5.89. The molecule has 0 fully saturated rings. The lowest BCUT2D eigenvalue weighted by Gasteiger charge is -2.07. The zero-order valence-corrected chi connectivity index (χ0v) is 14.9. The molecule has 2 aromatic carbocycles. The minimum atomic E-state index is -0.475. The van der Waals surface area contributed by atoms with E-state index in [0.717, 1.165) is 11.1 Å². The van der Waals surface area contributed by atoms with Crippen LogP contribution in [-0.4, -0.2) is 33.3 Å². The van der Waals surface area contributed by atoms with Gasteiger partial charge in [0, 0.05) is 6.08 Å².